The van der Waals surface area contributed by atoms with Gasteiger partial charge in [0, 0.05) is 43.8 Å². The van der Waals surface area contributed by atoms with E-state index in [1.54, 1.807) is 0 Å². The third-order valence-electron chi connectivity index (χ3n) is 7.57. The zero-order chi connectivity index (χ0) is 24.2. The summed E-state index contributed by atoms with van der Waals surface area (Å²) in [6, 6.07) is 8.61. The number of morpholine rings is 1. The second kappa shape index (κ2) is 11.0. The van der Waals surface area contributed by atoms with E-state index in [4.69, 9.17) is 4.74 Å². The Morgan fingerprint density at radius 3 is 2.77 bits per heavy atom. The van der Waals surface area contributed by atoms with E-state index in [1.165, 1.54) is 18.4 Å². The molecule has 1 unspecified atom stereocenters. The monoisotopic (exact) mass is 479 g/mol. The maximum absolute atomic E-state index is 13.1. The maximum atomic E-state index is 13.1. The Morgan fingerprint density at radius 1 is 1.20 bits per heavy atom. The molecule has 0 spiro atoms. The molecule has 5 rings (SSSR count). The van der Waals surface area contributed by atoms with Gasteiger partial charge in [-0.3, -0.25) is 14.6 Å². The molecule has 2 aromatic heterocycles. The van der Waals surface area contributed by atoms with Crippen molar-refractivity contribution in [3.63, 3.8) is 0 Å². The summed E-state index contributed by atoms with van der Waals surface area (Å²) in [6.07, 6.45) is 5.60. The van der Waals surface area contributed by atoms with Gasteiger partial charge in [0.15, 0.2) is 5.82 Å². The summed E-state index contributed by atoms with van der Waals surface area (Å²) in [5, 5.41) is 14.1. The molecular weight excluding hydrogens is 442 g/mol. The molecule has 35 heavy (non-hydrogen) atoms. The Kier molecular flexibility index (Phi) is 7.55. The number of hydrogen-bond donors (Lipinski definition) is 1. The van der Waals surface area contributed by atoms with E-state index < -0.39 is 0 Å². The van der Waals surface area contributed by atoms with Crippen molar-refractivity contribution in [2.75, 3.05) is 39.4 Å². The van der Waals surface area contributed by atoms with Crippen LogP contribution in [0.3, 0.4) is 0 Å². The minimum atomic E-state index is -0.0250. The summed E-state index contributed by atoms with van der Waals surface area (Å²) in [5.74, 6) is 0.925. The highest BCUT2D eigenvalue weighted by molar-refractivity contribution is 5.79. The zero-order valence-electron chi connectivity index (χ0n) is 20.9. The molecule has 0 amide bonds. The third kappa shape index (κ3) is 5.47. The Balaban J connectivity index is 1.45. The Labute approximate surface area is 206 Å². The largest absolute Gasteiger partial charge is 0.379 e. The molecule has 2 fully saturated rings. The quantitative estimate of drug-likeness (QED) is 0.504. The number of fused-ring (bicyclic) bond motifs is 1. The first kappa shape index (κ1) is 24.1. The van der Waals surface area contributed by atoms with E-state index in [2.05, 4.69) is 61.0 Å². The van der Waals surface area contributed by atoms with Crippen LogP contribution in [0.25, 0.3) is 10.9 Å². The summed E-state index contributed by atoms with van der Waals surface area (Å²) >= 11 is 0. The van der Waals surface area contributed by atoms with Gasteiger partial charge in [0.05, 0.1) is 25.3 Å². The predicted molar refractivity (Wildman–Crippen MR) is 135 cm³/mol. The number of aromatic nitrogens is 5. The second-order valence-corrected chi connectivity index (χ2v) is 9.98. The van der Waals surface area contributed by atoms with Gasteiger partial charge in [-0.05, 0) is 60.2 Å². The summed E-state index contributed by atoms with van der Waals surface area (Å²) in [5.41, 5.74) is 2.81. The van der Waals surface area contributed by atoms with Crippen LogP contribution < -0.4 is 5.56 Å². The van der Waals surface area contributed by atoms with Crippen molar-refractivity contribution in [1.29, 1.82) is 0 Å². The average Bonchev–Trinajstić information content (AvgIpc) is 3.56. The van der Waals surface area contributed by atoms with E-state index in [9.17, 15) is 4.79 Å². The molecule has 0 radical (unpaired) electrons. The second-order valence-electron chi connectivity index (χ2n) is 9.98. The fraction of sp³-hybridized carbons (Fsp3) is 0.615. The molecule has 1 N–H and O–H groups in total. The van der Waals surface area contributed by atoms with Crippen LogP contribution in [0.2, 0.25) is 0 Å². The van der Waals surface area contributed by atoms with Gasteiger partial charge >= 0.3 is 0 Å². The minimum absolute atomic E-state index is 0.0250. The molecule has 9 nitrogen and oxygen atoms in total. The average molecular weight is 480 g/mol. The van der Waals surface area contributed by atoms with Gasteiger partial charge in [-0.25, -0.2) is 4.68 Å². The van der Waals surface area contributed by atoms with Crippen LogP contribution in [0.1, 0.15) is 68.1 Å². The van der Waals surface area contributed by atoms with Crippen molar-refractivity contribution in [3.8, 4) is 0 Å². The number of ether oxygens (including phenoxy) is 1. The molecule has 0 bridgehead atoms. The molecule has 188 valence electrons. The lowest BCUT2D eigenvalue weighted by Gasteiger charge is -2.34. The number of benzene rings is 1. The van der Waals surface area contributed by atoms with Crippen molar-refractivity contribution in [1.82, 2.24) is 35.0 Å². The van der Waals surface area contributed by atoms with Crippen LogP contribution in [0, 0.1) is 6.92 Å². The molecule has 1 aliphatic heterocycles. The Hall–Kier alpha value is -2.62. The summed E-state index contributed by atoms with van der Waals surface area (Å²) in [7, 11) is 0. The van der Waals surface area contributed by atoms with E-state index in [0.29, 0.717) is 12.6 Å². The van der Waals surface area contributed by atoms with Crippen LogP contribution in [-0.4, -0.2) is 74.4 Å². The number of H-pyrrole nitrogens is 1. The fourth-order valence-corrected chi connectivity index (χ4v) is 5.58. The highest BCUT2D eigenvalue weighted by atomic mass is 16.5. The molecule has 1 atom stereocenters. The van der Waals surface area contributed by atoms with Gasteiger partial charge < -0.3 is 9.72 Å². The number of aromatic amines is 1. The lowest BCUT2D eigenvalue weighted by atomic mass is 10.1. The van der Waals surface area contributed by atoms with Crippen LogP contribution in [-0.2, 0) is 11.3 Å². The number of rotatable bonds is 9. The molecule has 1 saturated heterocycles. The topological polar surface area (TPSA) is 92.2 Å². The molecular formula is C26H37N7O2. The molecule has 2 aliphatic rings. The van der Waals surface area contributed by atoms with Gasteiger partial charge in [-0.2, -0.15) is 0 Å². The van der Waals surface area contributed by atoms with Gasteiger partial charge in [0.25, 0.3) is 5.56 Å². The van der Waals surface area contributed by atoms with E-state index in [1.807, 2.05) is 12.1 Å². The van der Waals surface area contributed by atoms with Gasteiger partial charge in [0.2, 0.25) is 0 Å². The van der Waals surface area contributed by atoms with E-state index >= 15 is 0 Å². The van der Waals surface area contributed by atoms with Crippen molar-refractivity contribution < 1.29 is 4.74 Å². The van der Waals surface area contributed by atoms with Crippen molar-refractivity contribution >= 4 is 10.9 Å². The number of tetrazole rings is 1. The zero-order valence-corrected chi connectivity index (χ0v) is 20.9. The number of aryl methyl sites for hydroxylation is 1. The molecule has 3 aromatic rings. The van der Waals surface area contributed by atoms with Gasteiger partial charge in [0.1, 0.15) is 0 Å². The van der Waals surface area contributed by atoms with Crippen LogP contribution in [0.15, 0.2) is 29.1 Å². The lowest BCUT2D eigenvalue weighted by Crippen LogP contribution is -2.43. The lowest BCUT2D eigenvalue weighted by molar-refractivity contribution is 0.0291. The number of nitrogens with zero attached hydrogens (tertiary/aromatic N) is 6. The minimum Gasteiger partial charge on any atom is -0.379 e. The van der Waals surface area contributed by atoms with Crippen LogP contribution >= 0.6 is 0 Å². The third-order valence-corrected chi connectivity index (χ3v) is 7.57. The summed E-state index contributed by atoms with van der Waals surface area (Å²) in [6.45, 7) is 10.0. The van der Waals surface area contributed by atoms with Crippen molar-refractivity contribution in [2.24, 2.45) is 0 Å². The number of pyridine rings is 1. The molecule has 3 heterocycles. The maximum Gasteiger partial charge on any atom is 0.252 e. The predicted octanol–water partition coefficient (Wildman–Crippen LogP) is 3.22. The highest BCUT2D eigenvalue weighted by Crippen LogP contribution is 2.33. The van der Waals surface area contributed by atoms with E-state index in [0.717, 1.165) is 80.9 Å². The van der Waals surface area contributed by atoms with Gasteiger partial charge in [-0.1, -0.05) is 31.4 Å². The molecule has 1 saturated carbocycles. The Morgan fingerprint density at radius 2 is 2.00 bits per heavy atom. The smallest absolute Gasteiger partial charge is 0.252 e. The van der Waals surface area contributed by atoms with Gasteiger partial charge in [-0.15, -0.1) is 5.10 Å². The SMILES string of the molecule is CCC(c1nnnn1C1CCCC1)N(CCN1CCOCC1)Cc1cc2cc(C)ccc2[nH]c1=O. The summed E-state index contributed by atoms with van der Waals surface area (Å²) in [4.78, 5) is 21.0. The molecule has 1 aliphatic carbocycles. The first-order chi connectivity index (χ1) is 17.1. The van der Waals surface area contributed by atoms with E-state index in [-0.39, 0.29) is 11.6 Å². The summed E-state index contributed by atoms with van der Waals surface area (Å²) < 4.78 is 7.60. The van der Waals surface area contributed by atoms with Crippen LogP contribution in [0.4, 0.5) is 0 Å². The fourth-order valence-electron chi connectivity index (χ4n) is 5.58. The highest BCUT2D eigenvalue weighted by Gasteiger charge is 2.30. The first-order valence-electron chi connectivity index (χ1n) is 13.1. The number of nitrogens with one attached hydrogen (secondary N) is 1. The molecule has 1 aromatic carbocycles. The first-order valence-corrected chi connectivity index (χ1v) is 13.1. The Bertz CT molecular complexity index is 1180. The number of hydrogen-bond acceptors (Lipinski definition) is 7. The normalized spacial score (nSPS) is 18.6. The standard InChI is InChI=1S/C26H37N7O2/c1-3-24(25-28-29-30-33(25)22-6-4-5-7-22)32(11-10-31-12-14-35-15-13-31)18-21-17-20-16-19(2)8-9-23(20)27-26(21)34/h8-9,16-17,22,24H,3-7,10-15,18H2,1-2H3,(H,27,34). The molecule has 9 heteroatoms. The van der Waals surface area contributed by atoms with Crippen molar-refractivity contribution in [3.05, 3.63) is 51.6 Å². The van der Waals surface area contributed by atoms with Crippen LogP contribution in [0.5, 0.6) is 0 Å². The van der Waals surface area contributed by atoms with Crippen molar-refractivity contribution in [2.45, 2.75) is 64.6 Å².